The Balaban J connectivity index is 1.82. The van der Waals surface area contributed by atoms with Gasteiger partial charge in [0.2, 0.25) is 10.0 Å². The number of carbonyl (C=O) groups is 1. The summed E-state index contributed by atoms with van der Waals surface area (Å²) in [6.45, 7) is 1.93. The lowest BCUT2D eigenvalue weighted by Crippen LogP contribution is -2.14. The van der Waals surface area contributed by atoms with Gasteiger partial charge in [-0.3, -0.25) is 4.79 Å². The molecule has 3 rings (SSSR count). The van der Waals surface area contributed by atoms with Crippen LogP contribution in [0.3, 0.4) is 0 Å². The Bertz CT molecular complexity index is 992. The van der Waals surface area contributed by atoms with Crippen LogP contribution in [0.25, 0.3) is 10.2 Å². The van der Waals surface area contributed by atoms with Gasteiger partial charge < -0.3 is 5.32 Å². The Kier molecular flexibility index (Phi) is 3.88. The van der Waals surface area contributed by atoms with Crippen LogP contribution < -0.4 is 10.5 Å². The van der Waals surface area contributed by atoms with Gasteiger partial charge in [0.25, 0.3) is 5.91 Å². The van der Waals surface area contributed by atoms with E-state index < -0.39 is 10.0 Å². The predicted octanol–water partition coefficient (Wildman–Crippen LogP) is 2.50. The number of benzene rings is 2. The van der Waals surface area contributed by atoms with Crippen molar-refractivity contribution in [2.45, 2.75) is 11.8 Å². The molecule has 0 aliphatic rings. The number of aromatic nitrogens is 1. The lowest BCUT2D eigenvalue weighted by atomic mass is 10.2. The smallest absolute Gasteiger partial charge is 0.255 e. The van der Waals surface area contributed by atoms with Gasteiger partial charge in [0.05, 0.1) is 20.1 Å². The topological polar surface area (TPSA) is 102 Å². The highest BCUT2D eigenvalue weighted by atomic mass is 32.2. The number of primary sulfonamides is 1. The number of sulfonamides is 1. The molecule has 0 unspecified atom stereocenters. The summed E-state index contributed by atoms with van der Waals surface area (Å²) in [5.74, 6) is -0.327. The molecule has 1 heterocycles. The molecule has 0 saturated heterocycles. The molecule has 8 heteroatoms. The normalized spacial score (nSPS) is 11.6. The van der Waals surface area contributed by atoms with E-state index >= 15 is 0 Å². The average molecular weight is 347 g/mol. The zero-order valence-electron chi connectivity index (χ0n) is 12.1. The quantitative estimate of drug-likeness (QED) is 0.760. The van der Waals surface area contributed by atoms with Crippen molar-refractivity contribution < 1.29 is 13.2 Å². The number of nitrogens with two attached hydrogens (primary N) is 1. The predicted molar refractivity (Wildman–Crippen MR) is 90.1 cm³/mol. The maximum absolute atomic E-state index is 12.2. The first-order chi connectivity index (χ1) is 10.8. The summed E-state index contributed by atoms with van der Waals surface area (Å²) in [4.78, 5) is 16.5. The van der Waals surface area contributed by atoms with Crippen molar-refractivity contribution in [2.75, 3.05) is 5.32 Å². The molecule has 0 bridgehead atoms. The van der Waals surface area contributed by atoms with Gasteiger partial charge in [-0.1, -0.05) is 0 Å². The number of fused-ring (bicyclic) bond motifs is 1. The van der Waals surface area contributed by atoms with Crippen molar-refractivity contribution in [1.29, 1.82) is 0 Å². The number of nitrogens with zero attached hydrogens (tertiary/aromatic N) is 1. The first kappa shape index (κ1) is 15.6. The molecule has 0 aliphatic carbocycles. The van der Waals surface area contributed by atoms with Gasteiger partial charge in [-0.15, -0.1) is 11.3 Å². The molecule has 118 valence electrons. The molecule has 0 aliphatic heterocycles. The van der Waals surface area contributed by atoms with Gasteiger partial charge in [0.15, 0.2) is 0 Å². The maximum Gasteiger partial charge on any atom is 0.255 e. The van der Waals surface area contributed by atoms with E-state index in [1.165, 1.54) is 24.3 Å². The lowest BCUT2D eigenvalue weighted by molar-refractivity contribution is 0.102. The standard InChI is InChI=1S/C15H13N3O3S2/c1-9-17-13-7-4-11(8-14(13)22-9)18-15(19)10-2-5-12(6-3-10)23(16,20)21/h2-8H,1H3,(H,18,19)(H2,16,20,21). The largest absolute Gasteiger partial charge is 0.322 e. The molecule has 2 aromatic carbocycles. The second-order valence-electron chi connectivity index (χ2n) is 4.94. The minimum atomic E-state index is -3.76. The third-order valence-electron chi connectivity index (χ3n) is 3.20. The summed E-state index contributed by atoms with van der Waals surface area (Å²) in [5.41, 5.74) is 1.89. The van der Waals surface area contributed by atoms with Crippen LogP contribution in [0.1, 0.15) is 15.4 Å². The van der Waals surface area contributed by atoms with Crippen molar-refractivity contribution in [3.05, 3.63) is 53.0 Å². The highest BCUT2D eigenvalue weighted by Gasteiger charge is 2.11. The van der Waals surface area contributed by atoms with E-state index in [2.05, 4.69) is 10.3 Å². The number of aryl methyl sites for hydroxylation is 1. The summed E-state index contributed by atoms with van der Waals surface area (Å²) in [7, 11) is -3.76. The summed E-state index contributed by atoms with van der Waals surface area (Å²) in [5, 5.41) is 8.77. The zero-order valence-corrected chi connectivity index (χ0v) is 13.7. The Morgan fingerprint density at radius 2 is 1.87 bits per heavy atom. The molecule has 3 N–H and O–H groups in total. The number of hydrogen-bond donors (Lipinski definition) is 2. The summed E-state index contributed by atoms with van der Waals surface area (Å²) in [6.07, 6.45) is 0. The van der Waals surface area contributed by atoms with Crippen LogP contribution in [-0.2, 0) is 10.0 Å². The first-order valence-corrected chi connectivity index (χ1v) is 9.00. The summed E-state index contributed by atoms with van der Waals surface area (Å²) >= 11 is 1.55. The van der Waals surface area contributed by atoms with Crippen LogP contribution >= 0.6 is 11.3 Å². The molecule has 0 radical (unpaired) electrons. The van der Waals surface area contributed by atoms with E-state index in [0.717, 1.165) is 15.2 Å². The van der Waals surface area contributed by atoms with Crippen molar-refractivity contribution in [3.8, 4) is 0 Å². The Morgan fingerprint density at radius 3 is 2.52 bits per heavy atom. The average Bonchev–Trinajstić information content (AvgIpc) is 2.86. The molecule has 3 aromatic rings. The van der Waals surface area contributed by atoms with Crippen molar-refractivity contribution in [1.82, 2.24) is 4.98 Å². The first-order valence-electron chi connectivity index (χ1n) is 6.64. The molecule has 1 amide bonds. The second kappa shape index (κ2) is 5.73. The molecule has 6 nitrogen and oxygen atoms in total. The van der Waals surface area contributed by atoms with Gasteiger partial charge in [0, 0.05) is 11.3 Å². The highest BCUT2D eigenvalue weighted by molar-refractivity contribution is 7.89. The van der Waals surface area contributed by atoms with E-state index in [-0.39, 0.29) is 10.8 Å². The Morgan fingerprint density at radius 1 is 1.17 bits per heavy atom. The van der Waals surface area contributed by atoms with Gasteiger partial charge in [-0.25, -0.2) is 18.5 Å². The third-order valence-corrected chi connectivity index (χ3v) is 5.06. The van der Waals surface area contributed by atoms with E-state index in [1.807, 2.05) is 19.1 Å². The second-order valence-corrected chi connectivity index (χ2v) is 7.74. The highest BCUT2D eigenvalue weighted by Crippen LogP contribution is 2.25. The molecule has 23 heavy (non-hydrogen) atoms. The number of anilines is 1. The summed E-state index contributed by atoms with van der Waals surface area (Å²) in [6, 6.07) is 10.9. The van der Waals surface area contributed by atoms with Crippen LogP contribution in [0.5, 0.6) is 0 Å². The number of carbonyl (C=O) groups excluding carboxylic acids is 1. The van der Waals surface area contributed by atoms with Crippen LogP contribution in [0, 0.1) is 6.92 Å². The van der Waals surface area contributed by atoms with Gasteiger partial charge in [-0.05, 0) is 49.4 Å². The molecular weight excluding hydrogens is 334 g/mol. The molecule has 0 spiro atoms. The molecule has 1 aromatic heterocycles. The summed E-state index contributed by atoms with van der Waals surface area (Å²) < 4.78 is 23.4. The third kappa shape index (κ3) is 3.39. The minimum Gasteiger partial charge on any atom is -0.322 e. The monoisotopic (exact) mass is 347 g/mol. The van der Waals surface area contributed by atoms with Crippen LogP contribution in [0.15, 0.2) is 47.4 Å². The molecule has 0 saturated carbocycles. The van der Waals surface area contributed by atoms with Gasteiger partial charge in [-0.2, -0.15) is 0 Å². The van der Waals surface area contributed by atoms with Gasteiger partial charge in [0.1, 0.15) is 0 Å². The molecular formula is C15H13N3O3S2. The zero-order chi connectivity index (χ0) is 16.6. The molecule has 0 atom stereocenters. The maximum atomic E-state index is 12.2. The fraction of sp³-hybridized carbons (Fsp3) is 0.0667. The number of hydrogen-bond acceptors (Lipinski definition) is 5. The Labute approximate surface area is 137 Å². The van der Waals surface area contributed by atoms with Crippen molar-refractivity contribution in [2.24, 2.45) is 5.14 Å². The van der Waals surface area contributed by atoms with Crippen LogP contribution in [0.4, 0.5) is 5.69 Å². The lowest BCUT2D eigenvalue weighted by Gasteiger charge is -2.06. The number of rotatable bonds is 3. The Hall–Kier alpha value is -2.29. The fourth-order valence-corrected chi connectivity index (χ4v) is 3.50. The number of nitrogens with one attached hydrogen (secondary N) is 1. The molecule has 0 fully saturated rings. The van der Waals surface area contributed by atoms with E-state index in [9.17, 15) is 13.2 Å². The van der Waals surface area contributed by atoms with Crippen molar-refractivity contribution >= 4 is 43.2 Å². The fourth-order valence-electron chi connectivity index (χ4n) is 2.12. The SMILES string of the molecule is Cc1nc2ccc(NC(=O)c3ccc(S(N)(=O)=O)cc3)cc2s1. The van der Waals surface area contributed by atoms with Crippen LogP contribution in [0.2, 0.25) is 0 Å². The van der Waals surface area contributed by atoms with E-state index in [4.69, 9.17) is 5.14 Å². The van der Waals surface area contributed by atoms with Crippen molar-refractivity contribution in [3.63, 3.8) is 0 Å². The number of amides is 1. The van der Waals surface area contributed by atoms with E-state index in [0.29, 0.717) is 11.3 Å². The van der Waals surface area contributed by atoms with E-state index in [1.54, 1.807) is 17.4 Å². The number of thiazole rings is 1. The van der Waals surface area contributed by atoms with Gasteiger partial charge >= 0.3 is 0 Å². The van der Waals surface area contributed by atoms with Crippen LogP contribution in [-0.4, -0.2) is 19.3 Å². The minimum absolute atomic E-state index is 0.0318.